The van der Waals surface area contributed by atoms with Crippen molar-refractivity contribution in [3.8, 4) is 0 Å². The highest BCUT2D eigenvalue weighted by atomic mass is 19.1. The molecule has 0 fully saturated rings. The van der Waals surface area contributed by atoms with Crippen molar-refractivity contribution in [3.63, 3.8) is 0 Å². The smallest absolute Gasteiger partial charge is 0.274 e. The molecule has 1 aromatic heterocycles. The summed E-state index contributed by atoms with van der Waals surface area (Å²) in [5.41, 5.74) is 0.909. The molecule has 3 aromatic rings. The van der Waals surface area contributed by atoms with Gasteiger partial charge in [0.1, 0.15) is 28.8 Å². The van der Waals surface area contributed by atoms with E-state index in [4.69, 9.17) is 0 Å². The van der Waals surface area contributed by atoms with E-state index >= 15 is 0 Å². The van der Waals surface area contributed by atoms with Gasteiger partial charge in [0.2, 0.25) is 0 Å². The Balaban J connectivity index is 1.70. The molecule has 0 aliphatic rings. The van der Waals surface area contributed by atoms with Crippen LogP contribution in [0.3, 0.4) is 0 Å². The van der Waals surface area contributed by atoms with Gasteiger partial charge < -0.3 is 10.6 Å². The number of nitrogens with one attached hydrogen (secondary N) is 2. The zero-order valence-corrected chi connectivity index (χ0v) is 13.5. The Kier molecular flexibility index (Phi) is 5.17. The molecule has 1 heterocycles. The van der Waals surface area contributed by atoms with E-state index in [2.05, 4.69) is 15.6 Å². The number of para-hydroxylation sites is 1. The van der Waals surface area contributed by atoms with Crippen molar-refractivity contribution in [1.82, 2.24) is 4.98 Å². The molecule has 1 amide bonds. The zero-order chi connectivity index (χ0) is 18.5. The Morgan fingerprint density at radius 3 is 2.35 bits per heavy atom. The van der Waals surface area contributed by atoms with Crippen LogP contribution in [-0.4, -0.2) is 10.9 Å². The first-order chi connectivity index (χ1) is 12.5. The minimum absolute atomic E-state index is 0.00300. The van der Waals surface area contributed by atoms with E-state index in [1.54, 1.807) is 18.2 Å². The molecule has 0 aliphatic heterocycles. The molecule has 4 nitrogen and oxygen atoms in total. The minimum Gasteiger partial charge on any atom is -0.381 e. The average molecular weight is 357 g/mol. The van der Waals surface area contributed by atoms with Gasteiger partial charge in [-0.2, -0.15) is 0 Å². The maximum Gasteiger partial charge on any atom is 0.274 e. The molecule has 2 aromatic carbocycles. The Morgan fingerprint density at radius 2 is 1.65 bits per heavy atom. The molecule has 0 atom stereocenters. The third kappa shape index (κ3) is 4.18. The Bertz CT molecular complexity index is 909. The summed E-state index contributed by atoms with van der Waals surface area (Å²) in [6, 6.07) is 12.4. The number of carbonyl (C=O) groups is 1. The number of carbonyl (C=O) groups excluding carboxylic acids is 1. The molecule has 0 unspecified atom stereocenters. The van der Waals surface area contributed by atoms with Gasteiger partial charge in [0.05, 0.1) is 0 Å². The highest BCUT2D eigenvalue weighted by Crippen LogP contribution is 2.19. The van der Waals surface area contributed by atoms with Crippen LogP contribution in [0, 0.1) is 17.5 Å². The summed E-state index contributed by atoms with van der Waals surface area (Å²) < 4.78 is 40.2. The van der Waals surface area contributed by atoms with Crippen LogP contribution in [0.2, 0.25) is 0 Å². The molecule has 0 aliphatic carbocycles. The van der Waals surface area contributed by atoms with Crippen LogP contribution in [0.15, 0.2) is 60.8 Å². The fourth-order valence-corrected chi connectivity index (χ4v) is 2.27. The Labute approximate surface area is 147 Å². The van der Waals surface area contributed by atoms with Gasteiger partial charge in [0.15, 0.2) is 0 Å². The fraction of sp³-hybridized carbons (Fsp3) is 0.0526. The second-order valence-electron chi connectivity index (χ2n) is 5.46. The van der Waals surface area contributed by atoms with Crippen molar-refractivity contribution in [2.24, 2.45) is 0 Å². The molecule has 2 N–H and O–H groups in total. The molecule has 3 rings (SSSR count). The minimum atomic E-state index is -0.871. The number of amides is 1. The summed E-state index contributed by atoms with van der Waals surface area (Å²) >= 11 is 0. The molecule has 0 bridgehead atoms. The number of hydrogen-bond acceptors (Lipinski definition) is 3. The maximum absolute atomic E-state index is 13.6. The van der Waals surface area contributed by atoms with E-state index < -0.39 is 23.2 Å². The highest BCUT2D eigenvalue weighted by molar-refractivity contribution is 6.03. The monoisotopic (exact) mass is 357 g/mol. The molecular weight excluding hydrogens is 343 g/mol. The first-order valence-corrected chi connectivity index (χ1v) is 7.72. The van der Waals surface area contributed by atoms with Gasteiger partial charge in [-0.15, -0.1) is 0 Å². The van der Waals surface area contributed by atoms with Crippen molar-refractivity contribution < 1.29 is 18.0 Å². The predicted molar refractivity (Wildman–Crippen MR) is 92.3 cm³/mol. The van der Waals surface area contributed by atoms with Gasteiger partial charge in [0, 0.05) is 18.4 Å². The predicted octanol–water partition coefficient (Wildman–Crippen LogP) is 4.36. The van der Waals surface area contributed by atoms with Gasteiger partial charge in [0.25, 0.3) is 5.91 Å². The lowest BCUT2D eigenvalue weighted by atomic mass is 10.2. The number of nitrogens with zero attached hydrogens (tertiary/aromatic N) is 1. The molecule has 0 saturated carbocycles. The summed E-state index contributed by atoms with van der Waals surface area (Å²) in [6.45, 7) is 0.410. The van der Waals surface area contributed by atoms with Crippen LogP contribution in [0.1, 0.15) is 16.1 Å². The fourth-order valence-electron chi connectivity index (χ4n) is 2.27. The molecular formula is C19H14F3N3O. The van der Waals surface area contributed by atoms with E-state index in [0.717, 1.165) is 17.7 Å². The number of aromatic nitrogens is 1. The summed E-state index contributed by atoms with van der Waals surface area (Å²) in [5.74, 6) is -2.80. The molecule has 26 heavy (non-hydrogen) atoms. The van der Waals surface area contributed by atoms with Gasteiger partial charge in [-0.25, -0.2) is 13.2 Å². The van der Waals surface area contributed by atoms with Gasteiger partial charge in [-0.3, -0.25) is 9.78 Å². The summed E-state index contributed by atoms with van der Waals surface area (Å²) in [7, 11) is 0. The second-order valence-corrected chi connectivity index (χ2v) is 5.46. The van der Waals surface area contributed by atoms with E-state index in [1.165, 1.54) is 30.5 Å². The highest BCUT2D eigenvalue weighted by Gasteiger charge is 2.14. The average Bonchev–Trinajstić information content (AvgIpc) is 2.64. The summed E-state index contributed by atoms with van der Waals surface area (Å²) in [6.07, 6.45) is 1.40. The quantitative estimate of drug-likeness (QED) is 0.713. The van der Waals surface area contributed by atoms with Crippen molar-refractivity contribution in [2.75, 3.05) is 10.6 Å². The van der Waals surface area contributed by atoms with Crippen LogP contribution in [-0.2, 0) is 6.54 Å². The lowest BCUT2D eigenvalue weighted by Crippen LogP contribution is -2.16. The van der Waals surface area contributed by atoms with Gasteiger partial charge >= 0.3 is 0 Å². The number of pyridine rings is 1. The summed E-state index contributed by atoms with van der Waals surface area (Å²) in [4.78, 5) is 16.1. The lowest BCUT2D eigenvalue weighted by Gasteiger charge is -2.09. The number of hydrogen-bond donors (Lipinski definition) is 2. The zero-order valence-electron chi connectivity index (χ0n) is 13.5. The largest absolute Gasteiger partial charge is 0.381 e. The van der Waals surface area contributed by atoms with Crippen LogP contribution in [0.4, 0.5) is 24.5 Å². The number of halogens is 3. The maximum atomic E-state index is 13.6. The van der Waals surface area contributed by atoms with Crippen molar-refractivity contribution in [1.29, 1.82) is 0 Å². The number of benzene rings is 2. The van der Waals surface area contributed by atoms with Crippen molar-refractivity contribution in [3.05, 3.63) is 89.5 Å². The second kappa shape index (κ2) is 7.69. The van der Waals surface area contributed by atoms with E-state index in [0.29, 0.717) is 12.2 Å². The number of rotatable bonds is 5. The van der Waals surface area contributed by atoms with Crippen LogP contribution < -0.4 is 10.6 Å². The van der Waals surface area contributed by atoms with Crippen molar-refractivity contribution in [2.45, 2.75) is 6.54 Å². The topological polar surface area (TPSA) is 54.0 Å². The third-order valence-electron chi connectivity index (χ3n) is 3.60. The lowest BCUT2D eigenvalue weighted by molar-refractivity contribution is 0.102. The van der Waals surface area contributed by atoms with Crippen LogP contribution >= 0.6 is 0 Å². The molecule has 0 spiro atoms. The SMILES string of the molecule is O=C(Nc1c(F)cccc1F)c1cc(NCc2ccc(F)cc2)ccn1. The van der Waals surface area contributed by atoms with Gasteiger partial charge in [-0.05, 0) is 42.0 Å². The van der Waals surface area contributed by atoms with Crippen LogP contribution in [0.5, 0.6) is 0 Å². The number of anilines is 2. The Morgan fingerprint density at radius 1 is 0.962 bits per heavy atom. The van der Waals surface area contributed by atoms with E-state index in [9.17, 15) is 18.0 Å². The molecule has 132 valence electrons. The summed E-state index contributed by atoms with van der Waals surface area (Å²) in [5, 5.41) is 5.25. The molecule has 7 heteroatoms. The third-order valence-corrected chi connectivity index (χ3v) is 3.60. The molecule has 0 saturated heterocycles. The normalized spacial score (nSPS) is 10.4. The molecule has 0 radical (unpaired) electrons. The standard InChI is InChI=1S/C19H14F3N3O/c20-13-6-4-12(5-7-13)11-24-14-8-9-23-17(10-14)19(26)25-18-15(21)2-1-3-16(18)22/h1-10H,11H2,(H,23,24)(H,25,26). The first kappa shape index (κ1) is 17.5. The van der Waals surface area contributed by atoms with E-state index in [1.807, 2.05) is 0 Å². The first-order valence-electron chi connectivity index (χ1n) is 7.72. The van der Waals surface area contributed by atoms with Crippen LogP contribution in [0.25, 0.3) is 0 Å². The van der Waals surface area contributed by atoms with E-state index in [-0.39, 0.29) is 11.5 Å². The van der Waals surface area contributed by atoms with Crippen molar-refractivity contribution >= 4 is 17.3 Å². The van der Waals surface area contributed by atoms with Gasteiger partial charge in [-0.1, -0.05) is 18.2 Å². The Hall–Kier alpha value is -3.35.